The summed E-state index contributed by atoms with van der Waals surface area (Å²) in [7, 11) is 0. The van der Waals surface area contributed by atoms with E-state index in [9.17, 15) is 9.50 Å². The molecule has 0 saturated carbocycles. The molecule has 3 unspecified atom stereocenters. The number of hydrogen-bond acceptors (Lipinski definition) is 2. The van der Waals surface area contributed by atoms with E-state index < -0.39 is 17.8 Å². The first-order chi connectivity index (χ1) is 8.51. The Bertz CT molecular complexity index is 366. The minimum atomic E-state index is -0.667. The Morgan fingerprint density at radius 1 is 1.44 bits per heavy atom. The van der Waals surface area contributed by atoms with Gasteiger partial charge in [-0.3, -0.25) is 0 Å². The molecule has 0 amide bonds. The van der Waals surface area contributed by atoms with E-state index in [2.05, 4.69) is 13.8 Å². The van der Waals surface area contributed by atoms with Crippen LogP contribution in [0.25, 0.3) is 0 Å². The third-order valence-electron chi connectivity index (χ3n) is 3.43. The molecule has 0 bridgehead atoms. The standard InChI is InChI=1S/C14H21ClFNO/c1-3-9(2)7-13(18)10(8-17)14-11(15)5-4-6-12(14)16/h4-6,9-10,13,18H,3,7-8,17H2,1-2H3. The van der Waals surface area contributed by atoms with Crippen molar-refractivity contribution in [3.8, 4) is 0 Å². The molecule has 1 aromatic carbocycles. The van der Waals surface area contributed by atoms with Gasteiger partial charge in [-0.15, -0.1) is 0 Å². The summed E-state index contributed by atoms with van der Waals surface area (Å²) >= 11 is 6.01. The van der Waals surface area contributed by atoms with Crippen molar-refractivity contribution < 1.29 is 9.50 Å². The molecule has 18 heavy (non-hydrogen) atoms. The molecular weight excluding hydrogens is 253 g/mol. The fourth-order valence-electron chi connectivity index (χ4n) is 2.08. The molecule has 0 radical (unpaired) electrons. The molecular formula is C14H21ClFNO. The number of halogens is 2. The zero-order chi connectivity index (χ0) is 13.7. The lowest BCUT2D eigenvalue weighted by molar-refractivity contribution is 0.116. The Kier molecular flexibility index (Phi) is 6.06. The van der Waals surface area contributed by atoms with Gasteiger partial charge in [0.1, 0.15) is 5.82 Å². The summed E-state index contributed by atoms with van der Waals surface area (Å²) in [5.41, 5.74) is 6.01. The molecule has 0 spiro atoms. The van der Waals surface area contributed by atoms with Crippen LogP contribution in [0.3, 0.4) is 0 Å². The van der Waals surface area contributed by atoms with Crippen LogP contribution < -0.4 is 5.73 Å². The monoisotopic (exact) mass is 273 g/mol. The van der Waals surface area contributed by atoms with Gasteiger partial charge >= 0.3 is 0 Å². The first-order valence-corrected chi connectivity index (χ1v) is 6.71. The van der Waals surface area contributed by atoms with Gasteiger partial charge in [0.25, 0.3) is 0 Å². The van der Waals surface area contributed by atoms with Crippen LogP contribution in [0, 0.1) is 11.7 Å². The van der Waals surface area contributed by atoms with E-state index in [0.29, 0.717) is 22.9 Å². The van der Waals surface area contributed by atoms with E-state index in [0.717, 1.165) is 6.42 Å². The van der Waals surface area contributed by atoms with Crippen molar-refractivity contribution >= 4 is 11.6 Å². The van der Waals surface area contributed by atoms with Crippen LogP contribution in [-0.4, -0.2) is 17.8 Å². The molecule has 3 atom stereocenters. The van der Waals surface area contributed by atoms with Gasteiger partial charge in [-0.25, -0.2) is 4.39 Å². The Morgan fingerprint density at radius 3 is 2.61 bits per heavy atom. The molecule has 0 fully saturated rings. The second-order valence-corrected chi connectivity index (χ2v) is 5.20. The molecule has 0 aliphatic heterocycles. The third kappa shape index (κ3) is 3.67. The first kappa shape index (κ1) is 15.4. The van der Waals surface area contributed by atoms with E-state index >= 15 is 0 Å². The molecule has 0 aliphatic rings. The minimum absolute atomic E-state index is 0.179. The molecule has 0 aromatic heterocycles. The van der Waals surface area contributed by atoms with Crippen molar-refractivity contribution in [2.24, 2.45) is 11.7 Å². The molecule has 0 aliphatic carbocycles. The normalized spacial score (nSPS) is 16.3. The maximum absolute atomic E-state index is 13.8. The van der Waals surface area contributed by atoms with Crippen molar-refractivity contribution in [1.82, 2.24) is 0 Å². The van der Waals surface area contributed by atoms with Gasteiger partial charge in [0.15, 0.2) is 0 Å². The van der Waals surface area contributed by atoms with E-state index in [1.807, 2.05) is 0 Å². The number of rotatable bonds is 6. The number of aliphatic hydroxyl groups is 1. The van der Waals surface area contributed by atoms with Crippen molar-refractivity contribution in [3.05, 3.63) is 34.6 Å². The maximum Gasteiger partial charge on any atom is 0.128 e. The SMILES string of the molecule is CCC(C)CC(O)C(CN)c1c(F)cccc1Cl. The van der Waals surface area contributed by atoms with Crippen molar-refractivity contribution in [2.45, 2.75) is 38.7 Å². The molecule has 0 heterocycles. The first-order valence-electron chi connectivity index (χ1n) is 6.33. The molecule has 4 heteroatoms. The van der Waals surface area contributed by atoms with E-state index in [-0.39, 0.29) is 6.54 Å². The van der Waals surface area contributed by atoms with E-state index in [1.54, 1.807) is 12.1 Å². The van der Waals surface area contributed by atoms with Gasteiger partial charge in [0.2, 0.25) is 0 Å². The molecule has 0 saturated heterocycles. The number of benzene rings is 1. The highest BCUT2D eigenvalue weighted by molar-refractivity contribution is 6.31. The summed E-state index contributed by atoms with van der Waals surface area (Å²) in [6.07, 6.45) is 0.905. The summed E-state index contributed by atoms with van der Waals surface area (Å²) in [6.45, 7) is 4.29. The summed E-state index contributed by atoms with van der Waals surface area (Å²) in [5, 5.41) is 10.5. The zero-order valence-electron chi connectivity index (χ0n) is 10.9. The number of hydrogen-bond donors (Lipinski definition) is 2. The second-order valence-electron chi connectivity index (χ2n) is 4.79. The van der Waals surface area contributed by atoms with E-state index in [4.69, 9.17) is 17.3 Å². The molecule has 1 aromatic rings. The Balaban J connectivity index is 2.95. The van der Waals surface area contributed by atoms with E-state index in [1.165, 1.54) is 6.07 Å². The van der Waals surface area contributed by atoms with Crippen LogP contribution >= 0.6 is 11.6 Å². The van der Waals surface area contributed by atoms with Gasteiger partial charge < -0.3 is 10.8 Å². The van der Waals surface area contributed by atoms with Gasteiger partial charge in [-0.2, -0.15) is 0 Å². The van der Waals surface area contributed by atoms with Gasteiger partial charge in [-0.05, 0) is 24.5 Å². The minimum Gasteiger partial charge on any atom is -0.392 e. The maximum atomic E-state index is 13.8. The average Bonchev–Trinajstić information content (AvgIpc) is 2.33. The third-order valence-corrected chi connectivity index (χ3v) is 3.76. The topological polar surface area (TPSA) is 46.2 Å². The lowest BCUT2D eigenvalue weighted by Gasteiger charge is -2.25. The Labute approximate surface area is 113 Å². The molecule has 2 nitrogen and oxygen atoms in total. The summed E-state index contributed by atoms with van der Waals surface area (Å²) < 4.78 is 13.8. The smallest absolute Gasteiger partial charge is 0.128 e. The van der Waals surface area contributed by atoms with Gasteiger partial charge in [-0.1, -0.05) is 37.9 Å². The Morgan fingerprint density at radius 2 is 2.11 bits per heavy atom. The molecule has 1 rings (SSSR count). The lowest BCUT2D eigenvalue weighted by Crippen LogP contribution is -2.28. The van der Waals surface area contributed by atoms with Crippen molar-refractivity contribution in [2.75, 3.05) is 6.54 Å². The fraction of sp³-hybridized carbons (Fsp3) is 0.571. The predicted molar refractivity (Wildman–Crippen MR) is 73.3 cm³/mol. The highest BCUT2D eigenvalue weighted by atomic mass is 35.5. The van der Waals surface area contributed by atoms with Crippen LogP contribution in [0.4, 0.5) is 4.39 Å². The molecule has 102 valence electrons. The number of aliphatic hydroxyl groups excluding tert-OH is 1. The van der Waals surface area contributed by atoms with Crippen LogP contribution in [0.5, 0.6) is 0 Å². The van der Waals surface area contributed by atoms with Gasteiger partial charge in [0, 0.05) is 23.0 Å². The lowest BCUT2D eigenvalue weighted by atomic mass is 9.87. The zero-order valence-corrected chi connectivity index (χ0v) is 11.6. The predicted octanol–water partition coefficient (Wildman–Crippen LogP) is 3.32. The number of nitrogens with two attached hydrogens (primary N) is 1. The van der Waals surface area contributed by atoms with Crippen LogP contribution in [0.15, 0.2) is 18.2 Å². The summed E-state index contributed by atoms with van der Waals surface area (Å²) in [4.78, 5) is 0. The highest BCUT2D eigenvalue weighted by Crippen LogP contribution is 2.31. The van der Waals surface area contributed by atoms with Crippen molar-refractivity contribution in [1.29, 1.82) is 0 Å². The van der Waals surface area contributed by atoms with Crippen LogP contribution in [-0.2, 0) is 0 Å². The quantitative estimate of drug-likeness (QED) is 0.835. The fourth-order valence-corrected chi connectivity index (χ4v) is 2.38. The highest BCUT2D eigenvalue weighted by Gasteiger charge is 2.26. The molecule has 3 N–H and O–H groups in total. The average molecular weight is 274 g/mol. The van der Waals surface area contributed by atoms with Crippen LogP contribution in [0.1, 0.15) is 38.2 Å². The second kappa shape index (κ2) is 7.07. The van der Waals surface area contributed by atoms with Crippen LogP contribution in [0.2, 0.25) is 5.02 Å². The Hall–Kier alpha value is -0.640. The van der Waals surface area contributed by atoms with Crippen molar-refractivity contribution in [3.63, 3.8) is 0 Å². The summed E-state index contributed by atoms with van der Waals surface area (Å²) in [5.74, 6) is -0.478. The largest absolute Gasteiger partial charge is 0.392 e. The summed E-state index contributed by atoms with van der Waals surface area (Å²) in [6, 6.07) is 4.52. The van der Waals surface area contributed by atoms with Gasteiger partial charge in [0.05, 0.1) is 6.10 Å².